The van der Waals surface area contributed by atoms with E-state index in [-0.39, 0.29) is 6.61 Å². The maximum absolute atomic E-state index is 9.79. The zero-order chi connectivity index (χ0) is 13.7. The minimum atomic E-state index is -0.602. The molecule has 19 heavy (non-hydrogen) atoms. The number of anilines is 1. The second kappa shape index (κ2) is 7.01. The summed E-state index contributed by atoms with van der Waals surface area (Å²) in [7, 11) is 0. The molecule has 0 aliphatic rings. The van der Waals surface area contributed by atoms with Crippen molar-refractivity contribution in [2.24, 2.45) is 0 Å². The van der Waals surface area contributed by atoms with Crippen molar-refractivity contribution in [2.45, 2.75) is 6.10 Å². The number of rotatable bonds is 6. The lowest BCUT2D eigenvalue weighted by Crippen LogP contribution is -2.26. The largest absolute Gasteiger partial charge is 0.491 e. The Hall–Kier alpha value is -0.940. The lowest BCUT2D eigenvalue weighted by Gasteiger charge is -2.13. The third-order valence-electron chi connectivity index (χ3n) is 2.40. The monoisotopic (exact) mass is 317 g/mol. The Morgan fingerprint density at radius 3 is 2.79 bits per heavy atom. The topological polar surface area (TPSA) is 41.5 Å². The Morgan fingerprint density at radius 2 is 2.11 bits per heavy atom. The van der Waals surface area contributed by atoms with Crippen molar-refractivity contribution < 1.29 is 9.84 Å². The molecule has 2 N–H and O–H groups in total. The van der Waals surface area contributed by atoms with Gasteiger partial charge in [0.15, 0.2) is 0 Å². The van der Waals surface area contributed by atoms with Gasteiger partial charge in [0.05, 0.1) is 10.0 Å². The highest BCUT2D eigenvalue weighted by Crippen LogP contribution is 2.26. The number of hydrogen-bond donors (Lipinski definition) is 2. The van der Waals surface area contributed by atoms with Gasteiger partial charge in [-0.3, -0.25) is 0 Å². The molecule has 1 aromatic heterocycles. The molecule has 102 valence electrons. The van der Waals surface area contributed by atoms with Gasteiger partial charge in [0.1, 0.15) is 18.5 Å². The van der Waals surface area contributed by atoms with Crippen LogP contribution < -0.4 is 10.1 Å². The first kappa shape index (κ1) is 14.5. The summed E-state index contributed by atoms with van der Waals surface area (Å²) in [5.74, 6) is 0.587. The van der Waals surface area contributed by atoms with Gasteiger partial charge in [0.25, 0.3) is 0 Å². The molecule has 1 heterocycles. The van der Waals surface area contributed by atoms with Crippen LogP contribution in [0.5, 0.6) is 5.75 Å². The number of ether oxygens (including phenoxy) is 1. The Balaban J connectivity index is 1.76. The summed E-state index contributed by atoms with van der Waals surface area (Å²) in [6.45, 7) is 0.618. The van der Waals surface area contributed by atoms with Crippen LogP contribution >= 0.6 is 34.5 Å². The molecule has 0 aliphatic carbocycles. The van der Waals surface area contributed by atoms with E-state index in [1.54, 1.807) is 29.5 Å². The van der Waals surface area contributed by atoms with Crippen molar-refractivity contribution in [1.82, 2.24) is 0 Å². The summed E-state index contributed by atoms with van der Waals surface area (Å²) in [6.07, 6.45) is -0.602. The van der Waals surface area contributed by atoms with Crippen molar-refractivity contribution >= 4 is 40.2 Å². The molecule has 1 atom stereocenters. The molecule has 0 bridgehead atoms. The number of thiophene rings is 1. The predicted octanol–water partition coefficient (Wildman–Crippen LogP) is 3.91. The number of benzene rings is 1. The molecular formula is C13H13Cl2NO2S. The van der Waals surface area contributed by atoms with Gasteiger partial charge in [-0.1, -0.05) is 23.2 Å². The Bertz CT molecular complexity index is 519. The second-order valence-corrected chi connectivity index (χ2v) is 5.53. The molecule has 0 aliphatic heterocycles. The van der Waals surface area contributed by atoms with E-state index >= 15 is 0 Å². The normalized spacial score (nSPS) is 12.2. The molecule has 0 radical (unpaired) electrons. The van der Waals surface area contributed by atoms with E-state index in [9.17, 15) is 5.11 Å². The standard InChI is InChI=1S/C13H13Cl2NO2S/c14-12-2-1-11(5-13(12)15)18-7-10(17)6-16-9-3-4-19-8-9/h1-5,8,10,16-17H,6-7H2. The van der Waals surface area contributed by atoms with Crippen LogP contribution in [0, 0.1) is 0 Å². The highest BCUT2D eigenvalue weighted by Gasteiger charge is 2.06. The summed E-state index contributed by atoms with van der Waals surface area (Å²) in [5, 5.41) is 17.8. The second-order valence-electron chi connectivity index (χ2n) is 3.93. The van der Waals surface area contributed by atoms with E-state index in [1.807, 2.05) is 16.8 Å². The first-order valence-corrected chi connectivity index (χ1v) is 7.37. The highest BCUT2D eigenvalue weighted by molar-refractivity contribution is 7.08. The smallest absolute Gasteiger partial charge is 0.121 e. The van der Waals surface area contributed by atoms with Crippen molar-refractivity contribution in [1.29, 1.82) is 0 Å². The van der Waals surface area contributed by atoms with Gasteiger partial charge in [0.2, 0.25) is 0 Å². The molecule has 0 saturated heterocycles. The van der Waals surface area contributed by atoms with E-state index in [0.717, 1.165) is 5.69 Å². The molecule has 0 amide bonds. The van der Waals surface area contributed by atoms with Crippen LogP contribution in [0.3, 0.4) is 0 Å². The van der Waals surface area contributed by atoms with Gasteiger partial charge in [-0.25, -0.2) is 0 Å². The van der Waals surface area contributed by atoms with E-state index in [1.165, 1.54) is 0 Å². The van der Waals surface area contributed by atoms with Crippen molar-refractivity contribution in [3.05, 3.63) is 45.1 Å². The van der Waals surface area contributed by atoms with Crippen molar-refractivity contribution in [3.8, 4) is 5.75 Å². The first-order chi connectivity index (χ1) is 9.15. The maximum Gasteiger partial charge on any atom is 0.121 e. The molecule has 6 heteroatoms. The van der Waals surface area contributed by atoms with Gasteiger partial charge in [-0.15, -0.1) is 0 Å². The van der Waals surface area contributed by atoms with Gasteiger partial charge >= 0.3 is 0 Å². The summed E-state index contributed by atoms with van der Waals surface area (Å²) in [4.78, 5) is 0. The van der Waals surface area contributed by atoms with Crippen LogP contribution in [0.25, 0.3) is 0 Å². The molecular weight excluding hydrogens is 305 g/mol. The first-order valence-electron chi connectivity index (χ1n) is 5.67. The maximum atomic E-state index is 9.79. The molecule has 2 rings (SSSR count). The van der Waals surface area contributed by atoms with Crippen LogP contribution in [0.4, 0.5) is 5.69 Å². The third kappa shape index (κ3) is 4.58. The number of aliphatic hydroxyl groups excluding tert-OH is 1. The summed E-state index contributed by atoms with van der Waals surface area (Å²) in [5.41, 5.74) is 0.999. The molecule has 0 spiro atoms. The zero-order valence-electron chi connectivity index (χ0n) is 9.98. The van der Waals surface area contributed by atoms with Crippen LogP contribution in [0.2, 0.25) is 10.0 Å². The lowest BCUT2D eigenvalue weighted by molar-refractivity contribution is 0.117. The highest BCUT2D eigenvalue weighted by atomic mass is 35.5. The van der Waals surface area contributed by atoms with Crippen LogP contribution in [-0.4, -0.2) is 24.4 Å². The van der Waals surface area contributed by atoms with Crippen molar-refractivity contribution in [3.63, 3.8) is 0 Å². The molecule has 0 saturated carbocycles. The minimum Gasteiger partial charge on any atom is -0.491 e. The van der Waals surface area contributed by atoms with E-state index in [0.29, 0.717) is 22.3 Å². The minimum absolute atomic E-state index is 0.190. The molecule has 2 aromatic rings. The third-order valence-corrected chi connectivity index (χ3v) is 3.82. The summed E-state index contributed by atoms with van der Waals surface area (Å²) < 4.78 is 5.44. The Labute approximate surface area is 125 Å². The fraction of sp³-hybridized carbons (Fsp3) is 0.231. The van der Waals surface area contributed by atoms with Gasteiger partial charge in [-0.05, 0) is 23.6 Å². The number of hydrogen-bond acceptors (Lipinski definition) is 4. The quantitative estimate of drug-likeness (QED) is 0.848. The SMILES string of the molecule is OC(CNc1ccsc1)COc1ccc(Cl)c(Cl)c1. The average molecular weight is 318 g/mol. The van der Waals surface area contributed by atoms with Crippen LogP contribution in [0.15, 0.2) is 35.0 Å². The van der Waals surface area contributed by atoms with E-state index < -0.39 is 6.10 Å². The van der Waals surface area contributed by atoms with Gasteiger partial charge < -0.3 is 15.2 Å². The Kier molecular flexibility index (Phi) is 5.34. The predicted molar refractivity (Wildman–Crippen MR) is 80.8 cm³/mol. The van der Waals surface area contributed by atoms with E-state index in [4.69, 9.17) is 27.9 Å². The fourth-order valence-electron chi connectivity index (χ4n) is 1.42. The van der Waals surface area contributed by atoms with Gasteiger partial charge in [0, 0.05) is 23.7 Å². The zero-order valence-corrected chi connectivity index (χ0v) is 12.3. The number of aliphatic hydroxyl groups is 1. The van der Waals surface area contributed by atoms with Crippen LogP contribution in [0.1, 0.15) is 0 Å². The van der Waals surface area contributed by atoms with Crippen LogP contribution in [-0.2, 0) is 0 Å². The number of halogens is 2. The van der Waals surface area contributed by atoms with Crippen molar-refractivity contribution in [2.75, 3.05) is 18.5 Å². The summed E-state index contributed by atoms with van der Waals surface area (Å²) in [6, 6.07) is 6.96. The molecule has 1 unspecified atom stereocenters. The van der Waals surface area contributed by atoms with Gasteiger partial charge in [-0.2, -0.15) is 11.3 Å². The molecule has 3 nitrogen and oxygen atoms in total. The fourth-order valence-corrected chi connectivity index (χ4v) is 2.32. The van der Waals surface area contributed by atoms with E-state index in [2.05, 4.69) is 5.32 Å². The molecule has 1 aromatic carbocycles. The average Bonchev–Trinajstić information content (AvgIpc) is 2.91. The lowest BCUT2D eigenvalue weighted by atomic mass is 10.3. The Morgan fingerprint density at radius 1 is 1.26 bits per heavy atom. The number of nitrogens with one attached hydrogen (secondary N) is 1. The molecule has 0 fully saturated rings. The summed E-state index contributed by atoms with van der Waals surface area (Å²) >= 11 is 13.3.